The summed E-state index contributed by atoms with van der Waals surface area (Å²) in [5.74, 6) is 0.362. The zero-order chi connectivity index (χ0) is 24.0. The maximum absolute atomic E-state index is 13.2. The molecule has 2 aromatic rings. The first-order chi connectivity index (χ1) is 15.8. The fourth-order valence-corrected chi connectivity index (χ4v) is 4.23. The molecule has 2 heterocycles. The average molecular weight is 453 g/mol. The van der Waals surface area contributed by atoms with Crippen LogP contribution in [0, 0.1) is 0 Å². The third kappa shape index (κ3) is 5.49. The topological polar surface area (TPSA) is 116 Å². The SMILES string of the molecule is CC(=O)N[C@H]1CN(C(=O)c2ccc3c(c2)N(C)C(=O)CO3)CC[C@H]1c1ccccc1.O=CO. The summed E-state index contributed by atoms with van der Waals surface area (Å²) in [4.78, 5) is 48.6. The number of likely N-dealkylation sites (N-methyl/N-ethyl adjacent to an activating group) is 1. The predicted molar refractivity (Wildman–Crippen MR) is 121 cm³/mol. The Kier molecular flexibility index (Phi) is 7.66. The Morgan fingerprint density at radius 2 is 1.88 bits per heavy atom. The summed E-state index contributed by atoms with van der Waals surface area (Å²) in [5, 5.41) is 9.91. The number of rotatable bonds is 3. The van der Waals surface area contributed by atoms with Crippen LogP contribution in [-0.2, 0) is 14.4 Å². The van der Waals surface area contributed by atoms with Gasteiger partial charge in [0.05, 0.1) is 11.7 Å². The van der Waals surface area contributed by atoms with Crippen molar-refractivity contribution in [3.05, 3.63) is 59.7 Å². The second-order valence-corrected chi connectivity index (χ2v) is 7.89. The molecule has 3 amide bonds. The van der Waals surface area contributed by atoms with Crippen molar-refractivity contribution in [3.63, 3.8) is 0 Å². The Bertz CT molecular complexity index is 1030. The van der Waals surface area contributed by atoms with Crippen LogP contribution in [0.15, 0.2) is 48.5 Å². The molecule has 2 N–H and O–H groups in total. The summed E-state index contributed by atoms with van der Waals surface area (Å²) in [6.45, 7) is 2.28. The average Bonchev–Trinajstić information content (AvgIpc) is 2.81. The Hall–Kier alpha value is -3.88. The van der Waals surface area contributed by atoms with Gasteiger partial charge in [-0.05, 0) is 30.2 Å². The first-order valence-corrected chi connectivity index (χ1v) is 10.6. The third-order valence-electron chi connectivity index (χ3n) is 5.81. The Morgan fingerprint density at radius 1 is 1.18 bits per heavy atom. The number of benzene rings is 2. The fraction of sp³-hybridized carbons (Fsp3) is 0.333. The van der Waals surface area contributed by atoms with E-state index in [1.54, 1.807) is 30.1 Å². The van der Waals surface area contributed by atoms with E-state index in [-0.39, 0.29) is 42.8 Å². The number of fused-ring (bicyclic) bond motifs is 1. The van der Waals surface area contributed by atoms with E-state index in [9.17, 15) is 14.4 Å². The minimum atomic E-state index is -0.250. The third-order valence-corrected chi connectivity index (χ3v) is 5.81. The van der Waals surface area contributed by atoms with Gasteiger partial charge in [0.15, 0.2) is 6.61 Å². The van der Waals surface area contributed by atoms with Gasteiger partial charge in [-0.2, -0.15) is 0 Å². The number of carboxylic acid groups (broad SMARTS) is 1. The van der Waals surface area contributed by atoms with Crippen LogP contribution >= 0.6 is 0 Å². The summed E-state index contributed by atoms with van der Waals surface area (Å²) in [6, 6.07) is 15.1. The van der Waals surface area contributed by atoms with Crippen LogP contribution < -0.4 is 15.0 Å². The minimum absolute atomic E-state index is 0.00217. The molecular weight excluding hydrogens is 426 g/mol. The molecule has 0 spiro atoms. The van der Waals surface area contributed by atoms with Crippen LogP contribution in [0.5, 0.6) is 5.75 Å². The molecule has 9 heteroatoms. The molecule has 0 bridgehead atoms. The van der Waals surface area contributed by atoms with Crippen LogP contribution in [0.3, 0.4) is 0 Å². The zero-order valence-corrected chi connectivity index (χ0v) is 18.6. The lowest BCUT2D eigenvalue weighted by molar-refractivity contribution is -0.123. The van der Waals surface area contributed by atoms with Crippen molar-refractivity contribution in [1.82, 2.24) is 10.2 Å². The largest absolute Gasteiger partial charge is 0.483 e. The molecule has 0 saturated carbocycles. The van der Waals surface area contributed by atoms with Gasteiger partial charge < -0.3 is 25.0 Å². The number of anilines is 1. The molecule has 9 nitrogen and oxygen atoms in total. The zero-order valence-electron chi connectivity index (χ0n) is 18.6. The standard InChI is InChI=1S/C23H25N3O4.CH2O2/c1-15(27)24-19-13-26(11-10-18(19)16-6-4-3-5-7-16)23(29)17-8-9-21-20(12-17)25(2)22(28)14-30-21;2-1-3/h3-9,12,18-19H,10-11,13-14H2,1-2H3,(H,24,27);1H,(H,2,3)/t18-,19-;/m0./s1. The van der Waals surface area contributed by atoms with Crippen molar-refractivity contribution in [2.45, 2.75) is 25.3 Å². The van der Waals surface area contributed by atoms with Gasteiger partial charge in [0.1, 0.15) is 5.75 Å². The molecule has 1 saturated heterocycles. The fourth-order valence-electron chi connectivity index (χ4n) is 4.23. The second-order valence-electron chi connectivity index (χ2n) is 7.89. The summed E-state index contributed by atoms with van der Waals surface area (Å²) in [6.07, 6.45) is 0.757. The van der Waals surface area contributed by atoms with Gasteiger partial charge in [-0.15, -0.1) is 0 Å². The van der Waals surface area contributed by atoms with E-state index in [4.69, 9.17) is 14.6 Å². The molecule has 4 rings (SSSR count). The van der Waals surface area contributed by atoms with E-state index in [1.807, 2.05) is 18.2 Å². The molecule has 2 aromatic carbocycles. The van der Waals surface area contributed by atoms with Gasteiger partial charge >= 0.3 is 0 Å². The van der Waals surface area contributed by atoms with E-state index < -0.39 is 0 Å². The molecular formula is C24H27N3O6. The Morgan fingerprint density at radius 3 is 2.55 bits per heavy atom. The lowest BCUT2D eigenvalue weighted by Gasteiger charge is -2.39. The van der Waals surface area contributed by atoms with Crippen molar-refractivity contribution in [2.24, 2.45) is 0 Å². The van der Waals surface area contributed by atoms with Crippen LogP contribution in [0.25, 0.3) is 0 Å². The summed E-state index contributed by atoms with van der Waals surface area (Å²) in [7, 11) is 1.68. The summed E-state index contributed by atoms with van der Waals surface area (Å²) < 4.78 is 5.45. The molecule has 2 atom stereocenters. The second kappa shape index (κ2) is 10.6. The number of likely N-dealkylation sites (tertiary alicyclic amines) is 1. The number of nitrogens with one attached hydrogen (secondary N) is 1. The van der Waals surface area contributed by atoms with E-state index in [0.717, 1.165) is 12.0 Å². The van der Waals surface area contributed by atoms with Gasteiger partial charge in [0.2, 0.25) is 5.91 Å². The van der Waals surface area contributed by atoms with E-state index in [2.05, 4.69) is 17.4 Å². The van der Waals surface area contributed by atoms with Crippen LogP contribution in [0.2, 0.25) is 0 Å². The molecule has 0 aromatic heterocycles. The highest BCUT2D eigenvalue weighted by Crippen LogP contribution is 2.33. The van der Waals surface area contributed by atoms with E-state index in [0.29, 0.717) is 30.1 Å². The maximum Gasteiger partial charge on any atom is 0.290 e. The van der Waals surface area contributed by atoms with Crippen molar-refractivity contribution in [1.29, 1.82) is 0 Å². The molecule has 33 heavy (non-hydrogen) atoms. The number of carbonyl (C=O) groups is 4. The lowest BCUT2D eigenvalue weighted by atomic mass is 9.85. The predicted octanol–water partition coefficient (Wildman–Crippen LogP) is 1.88. The number of ether oxygens (including phenoxy) is 1. The van der Waals surface area contributed by atoms with Crippen LogP contribution in [0.4, 0.5) is 5.69 Å². The maximum atomic E-state index is 13.2. The van der Waals surface area contributed by atoms with Crippen molar-refractivity contribution >= 4 is 29.9 Å². The molecule has 2 aliphatic rings. The monoisotopic (exact) mass is 453 g/mol. The number of amides is 3. The van der Waals surface area contributed by atoms with Gasteiger partial charge in [-0.25, -0.2) is 0 Å². The molecule has 0 aliphatic carbocycles. The molecule has 2 aliphatic heterocycles. The van der Waals surface area contributed by atoms with Crippen molar-refractivity contribution in [3.8, 4) is 5.75 Å². The highest BCUT2D eigenvalue weighted by Gasteiger charge is 2.34. The van der Waals surface area contributed by atoms with E-state index in [1.165, 1.54) is 11.8 Å². The first kappa shape index (κ1) is 23.8. The first-order valence-electron chi connectivity index (χ1n) is 10.6. The Labute approximate surface area is 191 Å². The number of carbonyl (C=O) groups excluding carboxylic acids is 3. The molecule has 174 valence electrons. The number of piperidine rings is 1. The molecule has 0 unspecified atom stereocenters. The van der Waals surface area contributed by atoms with Gasteiger partial charge in [0, 0.05) is 38.5 Å². The van der Waals surface area contributed by atoms with Crippen molar-refractivity contribution < 1.29 is 29.0 Å². The van der Waals surface area contributed by atoms with Crippen LogP contribution in [-0.4, -0.2) is 67.0 Å². The highest BCUT2D eigenvalue weighted by atomic mass is 16.5. The molecule has 0 radical (unpaired) electrons. The highest BCUT2D eigenvalue weighted by molar-refractivity contribution is 6.01. The van der Waals surface area contributed by atoms with Gasteiger partial charge in [-0.1, -0.05) is 30.3 Å². The van der Waals surface area contributed by atoms with Crippen molar-refractivity contribution in [2.75, 3.05) is 31.6 Å². The number of hydrogen-bond donors (Lipinski definition) is 2. The smallest absolute Gasteiger partial charge is 0.290 e. The number of hydrogen-bond acceptors (Lipinski definition) is 5. The van der Waals surface area contributed by atoms with Gasteiger partial charge in [-0.3, -0.25) is 19.2 Å². The minimum Gasteiger partial charge on any atom is -0.483 e. The normalized spacial score (nSPS) is 19.4. The number of nitrogens with zero attached hydrogens (tertiary/aromatic N) is 2. The Balaban J connectivity index is 0.000000968. The summed E-state index contributed by atoms with van der Waals surface area (Å²) >= 11 is 0. The van der Waals surface area contributed by atoms with Gasteiger partial charge in [0.25, 0.3) is 18.3 Å². The summed E-state index contributed by atoms with van der Waals surface area (Å²) in [5.41, 5.74) is 2.25. The lowest BCUT2D eigenvalue weighted by Crippen LogP contribution is -2.52. The van der Waals surface area contributed by atoms with E-state index >= 15 is 0 Å². The quantitative estimate of drug-likeness (QED) is 0.686. The van der Waals surface area contributed by atoms with Crippen LogP contribution in [0.1, 0.15) is 35.2 Å². The molecule has 1 fully saturated rings.